The zero-order valence-electron chi connectivity index (χ0n) is 14.7. The standard InChI is InChI=1S/C17H28N6S/c1-3-5-6-9-18-17(20-13-15-8-7-12-24-15)19-10-11-23-14-21-22-16(23)4-2/h7-8,12,14H,3-6,9-11,13H2,1-2H3,(H2,18,19,20). The third-order valence-corrected chi connectivity index (χ3v) is 4.56. The van der Waals surface area contributed by atoms with Crippen LogP contribution >= 0.6 is 11.3 Å². The Morgan fingerprint density at radius 2 is 2.12 bits per heavy atom. The van der Waals surface area contributed by atoms with Gasteiger partial charge in [-0.3, -0.25) is 0 Å². The second-order valence-electron chi connectivity index (χ2n) is 5.60. The highest BCUT2D eigenvalue weighted by atomic mass is 32.1. The zero-order chi connectivity index (χ0) is 17.0. The summed E-state index contributed by atoms with van der Waals surface area (Å²) in [6.45, 7) is 7.62. The van der Waals surface area contributed by atoms with Crippen LogP contribution in [0.1, 0.15) is 43.8 Å². The van der Waals surface area contributed by atoms with Crippen LogP contribution in [0.25, 0.3) is 0 Å². The van der Waals surface area contributed by atoms with Crippen molar-refractivity contribution < 1.29 is 0 Å². The largest absolute Gasteiger partial charge is 0.356 e. The van der Waals surface area contributed by atoms with Crippen molar-refractivity contribution in [3.8, 4) is 0 Å². The van der Waals surface area contributed by atoms with Gasteiger partial charge in [0.05, 0.1) is 6.54 Å². The van der Waals surface area contributed by atoms with Gasteiger partial charge >= 0.3 is 0 Å². The highest BCUT2D eigenvalue weighted by Crippen LogP contribution is 2.09. The molecule has 0 aliphatic rings. The number of guanidine groups is 1. The SMILES string of the molecule is CCCCCNC(=NCc1cccs1)NCCn1cnnc1CC. The average Bonchev–Trinajstić information content (AvgIpc) is 3.27. The average molecular weight is 349 g/mol. The highest BCUT2D eigenvalue weighted by molar-refractivity contribution is 7.09. The Kier molecular flexibility index (Phi) is 8.31. The number of aromatic nitrogens is 3. The first-order chi connectivity index (χ1) is 11.8. The van der Waals surface area contributed by atoms with Crippen molar-refractivity contribution in [2.24, 2.45) is 4.99 Å². The Morgan fingerprint density at radius 3 is 2.88 bits per heavy atom. The Morgan fingerprint density at radius 1 is 1.25 bits per heavy atom. The molecule has 0 radical (unpaired) electrons. The molecule has 0 amide bonds. The van der Waals surface area contributed by atoms with E-state index >= 15 is 0 Å². The molecule has 0 aliphatic carbocycles. The quantitative estimate of drug-likeness (QED) is 0.394. The fourth-order valence-corrected chi connectivity index (χ4v) is 2.98. The van der Waals surface area contributed by atoms with Gasteiger partial charge in [-0.25, -0.2) is 4.99 Å². The van der Waals surface area contributed by atoms with Crippen molar-refractivity contribution in [1.29, 1.82) is 0 Å². The number of nitrogens with one attached hydrogen (secondary N) is 2. The molecule has 2 N–H and O–H groups in total. The lowest BCUT2D eigenvalue weighted by Gasteiger charge is -2.13. The smallest absolute Gasteiger partial charge is 0.191 e. The van der Waals surface area contributed by atoms with Crippen LogP contribution in [0.5, 0.6) is 0 Å². The molecule has 6 nitrogen and oxygen atoms in total. The maximum atomic E-state index is 4.69. The lowest BCUT2D eigenvalue weighted by molar-refractivity contribution is 0.625. The summed E-state index contributed by atoms with van der Waals surface area (Å²) in [5.41, 5.74) is 0. The third-order valence-electron chi connectivity index (χ3n) is 3.70. The summed E-state index contributed by atoms with van der Waals surface area (Å²) in [6.07, 6.45) is 6.32. The van der Waals surface area contributed by atoms with Gasteiger partial charge in [-0.1, -0.05) is 32.8 Å². The van der Waals surface area contributed by atoms with Gasteiger partial charge in [0.25, 0.3) is 0 Å². The van der Waals surface area contributed by atoms with Gasteiger partial charge in [0.2, 0.25) is 0 Å². The van der Waals surface area contributed by atoms with Gasteiger partial charge in [0, 0.05) is 30.9 Å². The molecule has 2 aromatic rings. The molecular weight excluding hydrogens is 320 g/mol. The molecule has 2 heterocycles. The first kappa shape index (κ1) is 18.4. The minimum atomic E-state index is 0.716. The molecule has 0 saturated carbocycles. The Hall–Kier alpha value is -1.89. The number of aryl methyl sites for hydroxylation is 1. The predicted molar refractivity (Wildman–Crippen MR) is 100 cm³/mol. The minimum Gasteiger partial charge on any atom is -0.356 e. The third kappa shape index (κ3) is 6.31. The van der Waals surface area contributed by atoms with Gasteiger partial charge in [-0.2, -0.15) is 0 Å². The zero-order valence-corrected chi connectivity index (χ0v) is 15.5. The second kappa shape index (κ2) is 10.8. The van der Waals surface area contributed by atoms with Crippen molar-refractivity contribution in [1.82, 2.24) is 25.4 Å². The van der Waals surface area contributed by atoms with Crippen LogP contribution in [0.4, 0.5) is 0 Å². The molecule has 7 heteroatoms. The molecule has 132 valence electrons. The van der Waals surface area contributed by atoms with Crippen molar-refractivity contribution in [2.75, 3.05) is 13.1 Å². The van der Waals surface area contributed by atoms with E-state index in [1.54, 1.807) is 17.7 Å². The molecule has 0 aliphatic heterocycles. The molecule has 0 fully saturated rings. The number of rotatable bonds is 10. The summed E-state index contributed by atoms with van der Waals surface area (Å²) >= 11 is 1.74. The fourth-order valence-electron chi connectivity index (χ4n) is 2.35. The summed E-state index contributed by atoms with van der Waals surface area (Å²) in [5, 5.41) is 17.0. The van der Waals surface area contributed by atoms with Gasteiger partial charge in [-0.15, -0.1) is 21.5 Å². The van der Waals surface area contributed by atoms with Gasteiger partial charge in [-0.05, 0) is 17.9 Å². The van der Waals surface area contributed by atoms with E-state index in [0.717, 1.165) is 37.8 Å². The molecule has 24 heavy (non-hydrogen) atoms. The Balaban J connectivity index is 1.83. The van der Waals surface area contributed by atoms with E-state index in [1.165, 1.54) is 24.1 Å². The van der Waals surface area contributed by atoms with Crippen LogP contribution in [0.3, 0.4) is 0 Å². The molecule has 0 unspecified atom stereocenters. The predicted octanol–water partition coefficient (Wildman–Crippen LogP) is 2.83. The van der Waals surface area contributed by atoms with E-state index in [9.17, 15) is 0 Å². The Labute approximate surface area is 148 Å². The van der Waals surface area contributed by atoms with E-state index in [-0.39, 0.29) is 0 Å². The number of thiophene rings is 1. The number of hydrogen-bond donors (Lipinski definition) is 2. The summed E-state index contributed by atoms with van der Waals surface area (Å²) < 4.78 is 2.08. The van der Waals surface area contributed by atoms with Gasteiger partial charge < -0.3 is 15.2 Å². The fraction of sp³-hybridized carbons (Fsp3) is 0.588. The van der Waals surface area contributed by atoms with E-state index in [0.29, 0.717) is 6.54 Å². The van der Waals surface area contributed by atoms with Crippen LogP contribution in [-0.4, -0.2) is 33.8 Å². The Bertz CT molecular complexity index is 590. The summed E-state index contributed by atoms with van der Waals surface area (Å²) in [5.74, 6) is 1.90. The molecule has 0 bridgehead atoms. The molecule has 2 aromatic heterocycles. The first-order valence-corrected chi connectivity index (χ1v) is 9.62. The van der Waals surface area contributed by atoms with Crippen molar-refractivity contribution in [3.05, 3.63) is 34.5 Å². The monoisotopic (exact) mass is 348 g/mol. The van der Waals surface area contributed by atoms with Crippen LogP contribution in [0, 0.1) is 0 Å². The van der Waals surface area contributed by atoms with Crippen molar-refractivity contribution >= 4 is 17.3 Å². The molecule has 0 atom stereocenters. The molecular formula is C17H28N6S. The van der Waals surface area contributed by atoms with Crippen LogP contribution in [0.2, 0.25) is 0 Å². The topological polar surface area (TPSA) is 67.1 Å². The number of aliphatic imine (C=N–C) groups is 1. The number of unbranched alkanes of at least 4 members (excludes halogenated alkanes) is 2. The maximum absolute atomic E-state index is 4.69. The summed E-state index contributed by atoms with van der Waals surface area (Å²) in [6, 6.07) is 4.18. The highest BCUT2D eigenvalue weighted by Gasteiger charge is 2.03. The normalized spacial score (nSPS) is 11.7. The summed E-state index contributed by atoms with van der Waals surface area (Å²) in [4.78, 5) is 5.96. The lowest BCUT2D eigenvalue weighted by Crippen LogP contribution is -2.39. The van der Waals surface area contributed by atoms with Gasteiger partial charge in [0.15, 0.2) is 5.96 Å². The number of hydrogen-bond acceptors (Lipinski definition) is 4. The molecule has 0 spiro atoms. The van der Waals surface area contributed by atoms with E-state index in [1.807, 2.05) is 0 Å². The van der Waals surface area contributed by atoms with E-state index < -0.39 is 0 Å². The van der Waals surface area contributed by atoms with Crippen molar-refractivity contribution in [2.45, 2.75) is 52.6 Å². The molecule has 0 aromatic carbocycles. The second-order valence-corrected chi connectivity index (χ2v) is 6.63. The lowest BCUT2D eigenvalue weighted by atomic mass is 10.2. The molecule has 2 rings (SSSR count). The first-order valence-electron chi connectivity index (χ1n) is 8.74. The molecule has 0 saturated heterocycles. The van der Waals surface area contributed by atoms with E-state index in [4.69, 9.17) is 0 Å². The van der Waals surface area contributed by atoms with Crippen LogP contribution in [-0.2, 0) is 19.5 Å². The van der Waals surface area contributed by atoms with Crippen LogP contribution in [0.15, 0.2) is 28.8 Å². The van der Waals surface area contributed by atoms with E-state index in [2.05, 4.69) is 61.8 Å². The summed E-state index contributed by atoms with van der Waals surface area (Å²) in [7, 11) is 0. The van der Waals surface area contributed by atoms with Crippen LogP contribution < -0.4 is 10.6 Å². The minimum absolute atomic E-state index is 0.716. The maximum Gasteiger partial charge on any atom is 0.191 e. The van der Waals surface area contributed by atoms with Gasteiger partial charge in [0.1, 0.15) is 12.2 Å². The van der Waals surface area contributed by atoms with Crippen molar-refractivity contribution in [3.63, 3.8) is 0 Å². The number of nitrogens with zero attached hydrogens (tertiary/aromatic N) is 4.